The van der Waals surface area contributed by atoms with E-state index in [0.29, 0.717) is 11.3 Å². The molecule has 1 aromatic rings. The van der Waals surface area contributed by atoms with Crippen molar-refractivity contribution in [1.29, 1.82) is 0 Å². The molecule has 0 saturated carbocycles. The van der Waals surface area contributed by atoms with Crippen molar-refractivity contribution in [3.63, 3.8) is 0 Å². The normalized spacial score (nSPS) is 13.3. The minimum absolute atomic E-state index is 0.106. The van der Waals surface area contributed by atoms with Crippen LogP contribution >= 0.6 is 9.24 Å². The summed E-state index contributed by atoms with van der Waals surface area (Å²) in [4.78, 5) is 23.0. The van der Waals surface area contributed by atoms with E-state index in [4.69, 9.17) is 0 Å². The summed E-state index contributed by atoms with van der Waals surface area (Å²) >= 11 is 0. The summed E-state index contributed by atoms with van der Waals surface area (Å²) in [6.07, 6.45) is 2.86. The Labute approximate surface area is 128 Å². The maximum Gasteiger partial charge on any atom is 0.275 e. The highest BCUT2D eigenvalue weighted by molar-refractivity contribution is 7.18. The molecule has 120 valence electrons. The first kappa shape index (κ1) is 18.0. The lowest BCUT2D eigenvalue weighted by molar-refractivity contribution is 0.120. The van der Waals surface area contributed by atoms with Crippen molar-refractivity contribution in [3.05, 3.63) is 56.2 Å². The molecule has 1 atom stereocenters. The van der Waals surface area contributed by atoms with Gasteiger partial charge in [0.25, 0.3) is 16.5 Å². The molecule has 5 nitrogen and oxygen atoms in total. The van der Waals surface area contributed by atoms with E-state index in [1.165, 1.54) is 15.3 Å². The second-order valence-electron chi connectivity index (χ2n) is 4.70. The summed E-state index contributed by atoms with van der Waals surface area (Å²) in [5.41, 5.74) is -4.34. The van der Waals surface area contributed by atoms with Crippen molar-refractivity contribution in [2.24, 2.45) is 0 Å². The molecule has 0 aliphatic heterocycles. The van der Waals surface area contributed by atoms with Crippen LogP contribution < -0.4 is 21.5 Å². The maximum absolute atomic E-state index is 12.8. The van der Waals surface area contributed by atoms with Gasteiger partial charge < -0.3 is 15.7 Å². The zero-order valence-electron chi connectivity index (χ0n) is 12.2. The molecule has 0 aliphatic rings. The molecular formula is C14H17F2N2O3P. The number of aliphatic hydroxyl groups excluding tert-OH is 1. The number of alkyl halides is 2. The fourth-order valence-electron chi connectivity index (χ4n) is 1.49. The standard InChI is InChI=1S/C14H17F2N2O3P/c1-4-8(5-9(19)7(2)3)18-11-10(12(20)13(11)21)17-6-14(15,16)22/h4-5,17-19H,2,6,22H2,1,3H3/b8-4+,9-5+. The lowest BCUT2D eigenvalue weighted by Gasteiger charge is -2.17. The number of nitrogens with one attached hydrogen (secondary N) is 2. The minimum atomic E-state index is -3.10. The van der Waals surface area contributed by atoms with E-state index in [-0.39, 0.29) is 17.1 Å². The summed E-state index contributed by atoms with van der Waals surface area (Å²) in [7, 11) is 1.33. The monoisotopic (exact) mass is 330 g/mol. The fraction of sp³-hybridized carbons (Fsp3) is 0.286. The number of hydrogen-bond donors (Lipinski definition) is 3. The molecule has 0 aliphatic carbocycles. The third-order valence-corrected chi connectivity index (χ3v) is 2.93. The van der Waals surface area contributed by atoms with Crippen LogP contribution in [-0.2, 0) is 0 Å². The molecule has 3 N–H and O–H groups in total. The number of aliphatic hydroxyl groups is 1. The van der Waals surface area contributed by atoms with Gasteiger partial charge in [0.05, 0.1) is 6.54 Å². The Morgan fingerprint density at radius 2 is 1.91 bits per heavy atom. The van der Waals surface area contributed by atoms with Gasteiger partial charge in [-0.25, -0.2) is 8.78 Å². The van der Waals surface area contributed by atoms with Crippen molar-refractivity contribution in [2.75, 3.05) is 17.2 Å². The number of anilines is 2. The molecule has 0 amide bonds. The second kappa shape index (κ2) is 6.83. The van der Waals surface area contributed by atoms with Crippen LogP contribution in [0.25, 0.3) is 0 Å². The summed E-state index contributed by atoms with van der Waals surface area (Å²) in [5, 5.41) is 14.5. The van der Waals surface area contributed by atoms with Crippen LogP contribution in [0.3, 0.4) is 0 Å². The Morgan fingerprint density at radius 3 is 2.36 bits per heavy atom. The van der Waals surface area contributed by atoms with E-state index in [0.717, 1.165) is 0 Å². The lowest BCUT2D eigenvalue weighted by Crippen LogP contribution is -2.38. The van der Waals surface area contributed by atoms with Crippen LogP contribution in [0.5, 0.6) is 0 Å². The largest absolute Gasteiger partial charge is 0.508 e. The molecule has 0 aromatic heterocycles. The van der Waals surface area contributed by atoms with E-state index in [9.17, 15) is 23.5 Å². The predicted molar refractivity (Wildman–Crippen MR) is 87.4 cm³/mol. The van der Waals surface area contributed by atoms with Crippen LogP contribution in [-0.4, -0.2) is 17.3 Å². The van der Waals surface area contributed by atoms with Gasteiger partial charge in [0, 0.05) is 11.8 Å². The van der Waals surface area contributed by atoms with Crippen molar-refractivity contribution in [3.8, 4) is 0 Å². The maximum atomic E-state index is 12.8. The topological polar surface area (TPSA) is 78.4 Å². The average Bonchev–Trinajstić information content (AvgIpc) is 2.42. The van der Waals surface area contributed by atoms with Crippen molar-refractivity contribution in [1.82, 2.24) is 0 Å². The van der Waals surface area contributed by atoms with Crippen molar-refractivity contribution >= 4 is 20.6 Å². The number of hydrogen-bond acceptors (Lipinski definition) is 5. The molecule has 0 radical (unpaired) electrons. The van der Waals surface area contributed by atoms with Gasteiger partial charge in [-0.1, -0.05) is 21.9 Å². The van der Waals surface area contributed by atoms with Crippen LogP contribution in [0, 0.1) is 0 Å². The van der Waals surface area contributed by atoms with Crippen LogP contribution in [0.4, 0.5) is 20.2 Å². The Hall–Kier alpha value is -2.01. The van der Waals surface area contributed by atoms with Gasteiger partial charge in [0.2, 0.25) is 0 Å². The molecule has 0 heterocycles. The molecule has 0 bridgehead atoms. The van der Waals surface area contributed by atoms with Gasteiger partial charge >= 0.3 is 0 Å². The Morgan fingerprint density at radius 1 is 1.36 bits per heavy atom. The van der Waals surface area contributed by atoms with E-state index in [1.807, 2.05) is 0 Å². The molecule has 0 saturated heterocycles. The number of rotatable bonds is 7. The molecule has 0 spiro atoms. The van der Waals surface area contributed by atoms with Gasteiger partial charge in [0.1, 0.15) is 17.1 Å². The second-order valence-corrected chi connectivity index (χ2v) is 5.55. The van der Waals surface area contributed by atoms with Gasteiger partial charge in [-0.05, 0) is 19.4 Å². The number of halogens is 2. The van der Waals surface area contributed by atoms with Crippen LogP contribution in [0.1, 0.15) is 13.8 Å². The highest BCUT2D eigenvalue weighted by atomic mass is 31.0. The molecule has 1 aromatic carbocycles. The molecule has 8 heteroatoms. The third kappa shape index (κ3) is 4.49. The van der Waals surface area contributed by atoms with E-state index in [1.54, 1.807) is 19.9 Å². The lowest BCUT2D eigenvalue weighted by atomic mass is 10.1. The Balaban J connectivity index is 2.97. The molecular weight excluding hydrogens is 313 g/mol. The SMILES string of the molecule is C=C(C)/C(O)=C\C(=C/C)Nc1c(NCC(F)(F)P)c(=O)c1=O. The molecule has 0 fully saturated rings. The summed E-state index contributed by atoms with van der Waals surface area (Å²) in [6, 6.07) is 0. The van der Waals surface area contributed by atoms with Crippen LogP contribution in [0.2, 0.25) is 0 Å². The molecule has 1 rings (SSSR count). The van der Waals surface area contributed by atoms with E-state index in [2.05, 4.69) is 17.2 Å². The zero-order valence-corrected chi connectivity index (χ0v) is 13.3. The Bertz CT molecular complexity index is 711. The van der Waals surface area contributed by atoms with Gasteiger partial charge in [-0.3, -0.25) is 9.59 Å². The number of allylic oxidation sites excluding steroid dienone is 3. The first-order chi connectivity index (χ1) is 10.1. The quantitative estimate of drug-likeness (QED) is 0.310. The molecule has 1 unspecified atom stereocenters. The van der Waals surface area contributed by atoms with E-state index >= 15 is 0 Å². The summed E-state index contributed by atoms with van der Waals surface area (Å²) in [6.45, 7) is 5.98. The zero-order chi connectivity index (χ0) is 17.1. The first-order valence-corrected chi connectivity index (χ1v) is 6.88. The highest BCUT2D eigenvalue weighted by Gasteiger charge is 2.26. The predicted octanol–water partition coefficient (Wildman–Crippen LogP) is 2.50. The van der Waals surface area contributed by atoms with Gasteiger partial charge in [-0.2, -0.15) is 0 Å². The van der Waals surface area contributed by atoms with Gasteiger partial charge in [0.15, 0.2) is 0 Å². The smallest absolute Gasteiger partial charge is 0.275 e. The summed E-state index contributed by atoms with van der Waals surface area (Å²) < 4.78 is 25.6. The molecule has 22 heavy (non-hydrogen) atoms. The van der Waals surface area contributed by atoms with Crippen LogP contribution in [0.15, 0.2) is 45.3 Å². The van der Waals surface area contributed by atoms with Crippen molar-refractivity contribution < 1.29 is 13.9 Å². The fourth-order valence-corrected chi connectivity index (χ4v) is 1.59. The van der Waals surface area contributed by atoms with Crippen molar-refractivity contribution in [2.45, 2.75) is 19.5 Å². The minimum Gasteiger partial charge on any atom is -0.508 e. The first-order valence-electron chi connectivity index (χ1n) is 6.30. The van der Waals surface area contributed by atoms with Gasteiger partial charge in [-0.15, -0.1) is 0 Å². The third-order valence-electron chi connectivity index (χ3n) is 2.72. The van der Waals surface area contributed by atoms with E-state index < -0.39 is 23.1 Å². The average molecular weight is 330 g/mol. The Kier molecular flexibility index (Phi) is 5.60. The highest BCUT2D eigenvalue weighted by Crippen LogP contribution is 2.24. The summed E-state index contributed by atoms with van der Waals surface area (Å²) in [5.74, 6) is -0.106.